The van der Waals surface area contributed by atoms with Gasteiger partial charge in [0.15, 0.2) is 0 Å². The lowest BCUT2D eigenvalue weighted by atomic mass is 9.93. The summed E-state index contributed by atoms with van der Waals surface area (Å²) in [5.41, 5.74) is 3.92. The smallest absolute Gasteiger partial charge is 0.338 e. The Morgan fingerprint density at radius 2 is 1.91 bits per heavy atom. The van der Waals surface area contributed by atoms with E-state index in [0.717, 1.165) is 30.4 Å². The minimum atomic E-state index is -0.414. The molecular weight excluding hydrogens is 440 g/mol. The van der Waals surface area contributed by atoms with Crippen LogP contribution in [0.2, 0.25) is 0 Å². The topological polar surface area (TPSA) is 86.5 Å². The van der Waals surface area contributed by atoms with E-state index in [4.69, 9.17) is 4.74 Å². The maximum Gasteiger partial charge on any atom is 0.338 e. The van der Waals surface area contributed by atoms with Gasteiger partial charge in [-0.05, 0) is 67.9 Å². The Morgan fingerprint density at radius 3 is 2.66 bits per heavy atom. The molecule has 0 radical (unpaired) electrons. The molecule has 2 heterocycles. The third-order valence-electron chi connectivity index (χ3n) is 6.31. The number of amides is 2. The number of aromatic amines is 1. The van der Waals surface area contributed by atoms with Crippen LogP contribution in [0.1, 0.15) is 61.4 Å². The number of carbonyl (C=O) groups is 2. The fraction of sp³-hybridized carbons (Fsp3) is 0.357. The molecule has 1 unspecified atom stereocenters. The van der Waals surface area contributed by atoms with Gasteiger partial charge in [-0.2, -0.15) is 0 Å². The van der Waals surface area contributed by atoms with Crippen molar-refractivity contribution in [1.82, 2.24) is 9.88 Å². The Kier molecular flexibility index (Phi) is 8.08. The van der Waals surface area contributed by atoms with Gasteiger partial charge < -0.3 is 25.3 Å². The summed E-state index contributed by atoms with van der Waals surface area (Å²) in [5, 5.41) is 6.81. The standard InChI is InChI=1S/C28H34N4O3/c1-3-5-6-14-32-15-12-20(13-16-32)25-19-29-26-11-10-23(18-24(25)26)31-28(34)30-22-9-7-8-21(17-22)27(33)35-4-2/h7-12,15,17-20,29H,3-6,13-14,16H2,1-2H3,(H2,30,31,34). The molecule has 4 rings (SSSR count). The van der Waals surface area contributed by atoms with Crippen LogP contribution in [-0.2, 0) is 4.74 Å². The highest BCUT2D eigenvalue weighted by atomic mass is 16.5. The lowest BCUT2D eigenvalue weighted by Gasteiger charge is -2.27. The van der Waals surface area contributed by atoms with Crippen LogP contribution in [0.5, 0.6) is 0 Å². The van der Waals surface area contributed by atoms with Crippen LogP contribution in [0.15, 0.2) is 60.9 Å². The van der Waals surface area contributed by atoms with Gasteiger partial charge in [0.25, 0.3) is 0 Å². The first-order valence-corrected chi connectivity index (χ1v) is 12.5. The second-order valence-corrected chi connectivity index (χ2v) is 8.86. The lowest BCUT2D eigenvalue weighted by molar-refractivity contribution is 0.0526. The molecule has 0 aliphatic carbocycles. The number of esters is 1. The monoisotopic (exact) mass is 474 g/mol. The zero-order valence-corrected chi connectivity index (χ0v) is 20.5. The van der Waals surface area contributed by atoms with Gasteiger partial charge in [0.2, 0.25) is 0 Å². The quantitative estimate of drug-likeness (QED) is 0.245. The molecule has 2 aromatic carbocycles. The van der Waals surface area contributed by atoms with Crippen LogP contribution in [0.3, 0.4) is 0 Å². The molecule has 1 aromatic heterocycles. The van der Waals surface area contributed by atoms with Gasteiger partial charge >= 0.3 is 12.0 Å². The molecule has 35 heavy (non-hydrogen) atoms. The summed E-state index contributed by atoms with van der Waals surface area (Å²) in [6.07, 6.45) is 11.4. The minimum absolute atomic E-state index is 0.300. The number of anilines is 2. The number of fused-ring (bicyclic) bond motifs is 1. The SMILES string of the molecule is CCCCCN1C=CC(c2c[nH]c3ccc(NC(=O)Nc4cccc(C(=O)OCC)c4)cc23)CC1. The lowest BCUT2D eigenvalue weighted by Crippen LogP contribution is -2.24. The number of unbranched alkanes of at least 4 members (excludes halogenated alkanes) is 2. The van der Waals surface area contributed by atoms with Crippen molar-refractivity contribution in [3.05, 3.63) is 72.1 Å². The molecule has 1 aliphatic heterocycles. The van der Waals surface area contributed by atoms with E-state index in [1.165, 1.54) is 24.8 Å². The number of carbonyl (C=O) groups excluding carboxylic acids is 2. The number of H-pyrrole nitrogens is 1. The van der Waals surface area contributed by atoms with E-state index in [9.17, 15) is 9.59 Å². The first kappa shape index (κ1) is 24.4. The van der Waals surface area contributed by atoms with Crippen LogP contribution < -0.4 is 10.6 Å². The average molecular weight is 475 g/mol. The van der Waals surface area contributed by atoms with E-state index in [1.54, 1.807) is 31.2 Å². The molecule has 3 N–H and O–H groups in total. The zero-order chi connectivity index (χ0) is 24.6. The van der Waals surface area contributed by atoms with Crippen molar-refractivity contribution in [2.75, 3.05) is 30.3 Å². The largest absolute Gasteiger partial charge is 0.462 e. The van der Waals surface area contributed by atoms with Crippen LogP contribution in [0, 0.1) is 0 Å². The maximum atomic E-state index is 12.6. The number of ether oxygens (including phenoxy) is 1. The molecule has 0 saturated heterocycles. The van der Waals surface area contributed by atoms with Gasteiger partial charge in [-0.3, -0.25) is 0 Å². The first-order chi connectivity index (χ1) is 17.1. The predicted octanol–water partition coefficient (Wildman–Crippen LogP) is 6.48. The van der Waals surface area contributed by atoms with Crippen LogP contribution in [0.25, 0.3) is 10.9 Å². The van der Waals surface area contributed by atoms with Gasteiger partial charge in [0.1, 0.15) is 0 Å². The molecule has 7 nitrogen and oxygen atoms in total. The van der Waals surface area contributed by atoms with Gasteiger partial charge in [-0.1, -0.05) is 31.9 Å². The molecule has 0 bridgehead atoms. The van der Waals surface area contributed by atoms with Crippen LogP contribution in [-0.4, -0.2) is 41.6 Å². The normalized spacial score (nSPS) is 15.3. The van der Waals surface area contributed by atoms with Gasteiger partial charge in [-0.25, -0.2) is 9.59 Å². The fourth-order valence-electron chi connectivity index (χ4n) is 4.47. The summed E-state index contributed by atoms with van der Waals surface area (Å²) in [6.45, 7) is 6.47. The number of benzene rings is 2. The molecular formula is C28H34N4O3. The predicted molar refractivity (Wildman–Crippen MR) is 141 cm³/mol. The molecule has 1 atom stereocenters. The molecule has 1 aliphatic rings. The van der Waals surface area contributed by atoms with E-state index in [1.807, 2.05) is 18.2 Å². The van der Waals surface area contributed by atoms with E-state index in [2.05, 4.69) is 45.9 Å². The molecule has 184 valence electrons. The average Bonchev–Trinajstić information content (AvgIpc) is 3.28. The second kappa shape index (κ2) is 11.6. The summed E-state index contributed by atoms with van der Waals surface area (Å²) in [7, 11) is 0. The Balaban J connectivity index is 1.42. The number of nitrogens with one attached hydrogen (secondary N) is 3. The third-order valence-corrected chi connectivity index (χ3v) is 6.31. The maximum absolute atomic E-state index is 12.6. The molecule has 7 heteroatoms. The van der Waals surface area contributed by atoms with E-state index < -0.39 is 5.97 Å². The number of aromatic nitrogens is 1. The first-order valence-electron chi connectivity index (χ1n) is 12.5. The summed E-state index contributed by atoms with van der Waals surface area (Å²) in [6, 6.07) is 12.2. The van der Waals surface area contributed by atoms with Crippen LogP contribution in [0.4, 0.5) is 16.2 Å². The Bertz CT molecular complexity index is 1200. The van der Waals surface area contributed by atoms with E-state index in [0.29, 0.717) is 29.5 Å². The summed E-state index contributed by atoms with van der Waals surface area (Å²) in [5.74, 6) is -0.0660. The molecule has 0 saturated carbocycles. The Morgan fingerprint density at radius 1 is 1.09 bits per heavy atom. The van der Waals surface area contributed by atoms with Gasteiger partial charge in [-0.15, -0.1) is 0 Å². The van der Waals surface area contributed by atoms with Gasteiger partial charge in [0, 0.05) is 47.5 Å². The Hall–Kier alpha value is -3.74. The van der Waals surface area contributed by atoms with Crippen molar-refractivity contribution in [3.63, 3.8) is 0 Å². The van der Waals surface area contributed by atoms with Crippen molar-refractivity contribution >= 4 is 34.3 Å². The van der Waals surface area contributed by atoms with Crippen LogP contribution >= 0.6 is 0 Å². The van der Waals surface area contributed by atoms with E-state index in [-0.39, 0.29) is 6.03 Å². The molecule has 0 spiro atoms. The highest BCUT2D eigenvalue weighted by Gasteiger charge is 2.18. The number of urea groups is 1. The van der Waals surface area contributed by atoms with Crippen molar-refractivity contribution in [3.8, 4) is 0 Å². The van der Waals surface area contributed by atoms with Gasteiger partial charge in [0.05, 0.1) is 12.2 Å². The number of rotatable bonds is 9. The van der Waals surface area contributed by atoms with Crippen molar-refractivity contribution in [2.45, 2.75) is 45.4 Å². The highest BCUT2D eigenvalue weighted by molar-refractivity contribution is 6.02. The fourth-order valence-corrected chi connectivity index (χ4v) is 4.47. The Labute approximate surface area is 206 Å². The number of nitrogens with zero attached hydrogens (tertiary/aromatic N) is 1. The second-order valence-electron chi connectivity index (χ2n) is 8.86. The van der Waals surface area contributed by atoms with E-state index >= 15 is 0 Å². The number of hydrogen-bond donors (Lipinski definition) is 3. The van der Waals surface area contributed by atoms with Crippen molar-refractivity contribution < 1.29 is 14.3 Å². The zero-order valence-electron chi connectivity index (χ0n) is 20.5. The molecule has 2 amide bonds. The molecule has 0 fully saturated rings. The summed E-state index contributed by atoms with van der Waals surface area (Å²) in [4.78, 5) is 30.4. The van der Waals surface area contributed by atoms with Crippen molar-refractivity contribution in [1.29, 1.82) is 0 Å². The highest BCUT2D eigenvalue weighted by Crippen LogP contribution is 2.33. The molecule has 3 aromatic rings. The minimum Gasteiger partial charge on any atom is -0.462 e. The number of hydrogen-bond acceptors (Lipinski definition) is 4. The third kappa shape index (κ3) is 6.23. The van der Waals surface area contributed by atoms with Crippen molar-refractivity contribution in [2.24, 2.45) is 0 Å². The number of allylic oxidation sites excluding steroid dienone is 1. The summed E-state index contributed by atoms with van der Waals surface area (Å²) >= 11 is 0. The summed E-state index contributed by atoms with van der Waals surface area (Å²) < 4.78 is 5.03.